The van der Waals surface area contributed by atoms with Gasteiger partial charge in [0.25, 0.3) is 0 Å². The Morgan fingerprint density at radius 1 is 1.10 bits per heavy atom. The zero-order chi connectivity index (χ0) is 14.7. The fourth-order valence-electron chi connectivity index (χ4n) is 1.95. The van der Waals surface area contributed by atoms with Gasteiger partial charge in [-0.2, -0.15) is 0 Å². The van der Waals surface area contributed by atoms with Crippen molar-refractivity contribution < 1.29 is 9.47 Å². The van der Waals surface area contributed by atoms with Gasteiger partial charge in [-0.15, -0.1) is 0 Å². The molecule has 0 radical (unpaired) electrons. The van der Waals surface area contributed by atoms with Crippen molar-refractivity contribution >= 4 is 28.7 Å². The molecule has 0 unspecified atom stereocenters. The zero-order valence-corrected chi connectivity index (χ0v) is 12.4. The van der Waals surface area contributed by atoms with Crippen LogP contribution in [0.3, 0.4) is 0 Å². The van der Waals surface area contributed by atoms with Crippen LogP contribution in [0.4, 0.5) is 17.1 Å². The maximum Gasteiger partial charge on any atom is 0.144 e. The normalized spacial score (nSPS) is 10.2. The van der Waals surface area contributed by atoms with Gasteiger partial charge in [-0.3, -0.25) is 0 Å². The molecule has 4 nitrogen and oxygen atoms in total. The average Bonchev–Trinajstić information content (AvgIpc) is 2.44. The van der Waals surface area contributed by atoms with Crippen LogP contribution in [-0.4, -0.2) is 14.2 Å². The van der Waals surface area contributed by atoms with Crippen LogP contribution in [0.15, 0.2) is 30.3 Å². The predicted molar refractivity (Wildman–Crippen MR) is 83.4 cm³/mol. The van der Waals surface area contributed by atoms with Crippen LogP contribution in [0.1, 0.15) is 5.56 Å². The topological polar surface area (TPSA) is 56.5 Å². The van der Waals surface area contributed by atoms with E-state index in [1.807, 2.05) is 25.1 Å². The van der Waals surface area contributed by atoms with Crippen molar-refractivity contribution in [1.82, 2.24) is 0 Å². The Morgan fingerprint density at radius 2 is 1.80 bits per heavy atom. The third kappa shape index (κ3) is 2.75. The van der Waals surface area contributed by atoms with Crippen LogP contribution in [-0.2, 0) is 0 Å². The molecule has 3 N–H and O–H groups in total. The summed E-state index contributed by atoms with van der Waals surface area (Å²) in [4.78, 5) is 0. The molecule has 0 aliphatic carbocycles. The number of hydrogen-bond acceptors (Lipinski definition) is 4. The molecular formula is C15H17ClN2O2. The molecule has 0 fully saturated rings. The second kappa shape index (κ2) is 5.92. The van der Waals surface area contributed by atoms with Crippen molar-refractivity contribution in [2.45, 2.75) is 6.92 Å². The fraction of sp³-hybridized carbons (Fsp3) is 0.200. The van der Waals surface area contributed by atoms with Crippen molar-refractivity contribution in [3.8, 4) is 11.5 Å². The highest BCUT2D eigenvalue weighted by Gasteiger charge is 2.12. The van der Waals surface area contributed by atoms with E-state index in [0.29, 0.717) is 22.2 Å². The molecule has 20 heavy (non-hydrogen) atoms. The van der Waals surface area contributed by atoms with E-state index in [0.717, 1.165) is 16.9 Å². The molecule has 0 aliphatic heterocycles. The summed E-state index contributed by atoms with van der Waals surface area (Å²) in [5.41, 5.74) is 9.30. The first-order valence-electron chi connectivity index (χ1n) is 6.10. The maximum atomic E-state index is 6.09. The lowest BCUT2D eigenvalue weighted by Gasteiger charge is -2.16. The van der Waals surface area contributed by atoms with Gasteiger partial charge < -0.3 is 20.5 Å². The summed E-state index contributed by atoms with van der Waals surface area (Å²) in [5.74, 6) is 1.19. The number of methoxy groups -OCH3 is 2. The molecule has 2 aromatic rings. The van der Waals surface area contributed by atoms with Crippen LogP contribution in [0.25, 0.3) is 0 Å². The Morgan fingerprint density at radius 3 is 2.40 bits per heavy atom. The number of rotatable bonds is 4. The summed E-state index contributed by atoms with van der Waals surface area (Å²) in [7, 11) is 3.16. The van der Waals surface area contributed by atoms with E-state index in [1.54, 1.807) is 26.4 Å². The van der Waals surface area contributed by atoms with E-state index in [2.05, 4.69) is 5.32 Å². The number of benzene rings is 2. The molecule has 0 saturated heterocycles. The molecule has 0 bridgehead atoms. The highest BCUT2D eigenvalue weighted by Crippen LogP contribution is 2.38. The first-order valence-corrected chi connectivity index (χ1v) is 6.48. The number of nitrogens with one attached hydrogen (secondary N) is 1. The van der Waals surface area contributed by atoms with Gasteiger partial charge in [-0.25, -0.2) is 0 Å². The number of anilines is 3. The minimum absolute atomic E-state index is 0.493. The van der Waals surface area contributed by atoms with E-state index in [9.17, 15) is 0 Å². The highest BCUT2D eigenvalue weighted by molar-refractivity contribution is 6.32. The molecule has 0 spiro atoms. The third-order valence-corrected chi connectivity index (χ3v) is 3.33. The molecule has 0 heterocycles. The van der Waals surface area contributed by atoms with E-state index < -0.39 is 0 Å². The average molecular weight is 293 g/mol. The smallest absolute Gasteiger partial charge is 0.144 e. The molecule has 0 saturated carbocycles. The van der Waals surface area contributed by atoms with Crippen molar-refractivity contribution in [1.29, 1.82) is 0 Å². The number of halogens is 1. The Bertz CT molecular complexity index is 609. The maximum absolute atomic E-state index is 6.09. The SMILES string of the molecule is COc1cc(Nc2c(C)cccc2N)c(OC)cc1Cl. The summed E-state index contributed by atoms with van der Waals surface area (Å²) < 4.78 is 10.6. The number of nitrogens with two attached hydrogens (primary N) is 1. The number of para-hydroxylation sites is 1. The number of hydrogen-bond donors (Lipinski definition) is 2. The van der Waals surface area contributed by atoms with Gasteiger partial charge >= 0.3 is 0 Å². The van der Waals surface area contributed by atoms with E-state index in [-0.39, 0.29) is 0 Å². The summed E-state index contributed by atoms with van der Waals surface area (Å²) in [6, 6.07) is 9.23. The largest absolute Gasteiger partial charge is 0.495 e. The second-order valence-electron chi connectivity index (χ2n) is 4.35. The summed E-state index contributed by atoms with van der Waals surface area (Å²) >= 11 is 6.09. The second-order valence-corrected chi connectivity index (χ2v) is 4.76. The molecule has 0 aromatic heterocycles. The quantitative estimate of drug-likeness (QED) is 0.837. The van der Waals surface area contributed by atoms with Crippen molar-refractivity contribution in [3.05, 3.63) is 40.9 Å². The van der Waals surface area contributed by atoms with Crippen molar-refractivity contribution in [2.75, 3.05) is 25.3 Å². The van der Waals surface area contributed by atoms with Crippen molar-refractivity contribution in [2.24, 2.45) is 0 Å². The van der Waals surface area contributed by atoms with E-state index >= 15 is 0 Å². The van der Waals surface area contributed by atoms with Crippen molar-refractivity contribution in [3.63, 3.8) is 0 Å². The van der Waals surface area contributed by atoms with Gasteiger partial charge in [0.2, 0.25) is 0 Å². The molecule has 0 aliphatic rings. The van der Waals surface area contributed by atoms with Crippen LogP contribution in [0.2, 0.25) is 5.02 Å². The van der Waals surface area contributed by atoms with Gasteiger partial charge in [0.1, 0.15) is 11.5 Å². The lowest BCUT2D eigenvalue weighted by atomic mass is 10.1. The van der Waals surface area contributed by atoms with Gasteiger partial charge in [-0.1, -0.05) is 23.7 Å². The Labute approximate surface area is 123 Å². The number of ether oxygens (including phenoxy) is 2. The lowest BCUT2D eigenvalue weighted by Crippen LogP contribution is -2.01. The van der Waals surface area contributed by atoms with E-state index in [4.69, 9.17) is 26.8 Å². The Balaban J connectivity index is 2.47. The van der Waals surface area contributed by atoms with Gasteiger partial charge in [0, 0.05) is 12.1 Å². The van der Waals surface area contributed by atoms with Gasteiger partial charge in [0.15, 0.2) is 0 Å². The first-order chi connectivity index (χ1) is 9.56. The minimum Gasteiger partial charge on any atom is -0.495 e. The Kier molecular flexibility index (Phi) is 4.25. The molecule has 2 rings (SSSR count). The predicted octanol–water partition coefficient (Wildman–Crippen LogP) is 3.99. The molecule has 2 aromatic carbocycles. The minimum atomic E-state index is 0.493. The summed E-state index contributed by atoms with van der Waals surface area (Å²) in [6.45, 7) is 1.98. The number of nitrogen functional groups attached to an aromatic ring is 1. The number of aryl methyl sites for hydroxylation is 1. The molecule has 0 atom stereocenters. The summed E-state index contributed by atoms with van der Waals surface area (Å²) in [5, 5.41) is 3.77. The van der Waals surface area contributed by atoms with Gasteiger partial charge in [0.05, 0.1) is 36.3 Å². The van der Waals surface area contributed by atoms with Crippen LogP contribution < -0.4 is 20.5 Å². The summed E-state index contributed by atoms with van der Waals surface area (Å²) in [6.07, 6.45) is 0. The Hall–Kier alpha value is -2.07. The highest BCUT2D eigenvalue weighted by atomic mass is 35.5. The zero-order valence-electron chi connectivity index (χ0n) is 11.7. The standard InChI is InChI=1S/C15H17ClN2O2/c1-9-5-4-6-11(17)15(9)18-12-8-13(19-2)10(16)7-14(12)20-3/h4-8,18H,17H2,1-3H3. The van der Waals surface area contributed by atoms with Crippen LogP contribution in [0.5, 0.6) is 11.5 Å². The van der Waals surface area contributed by atoms with Gasteiger partial charge in [-0.05, 0) is 18.6 Å². The fourth-order valence-corrected chi connectivity index (χ4v) is 2.18. The third-order valence-electron chi connectivity index (χ3n) is 3.04. The molecule has 0 amide bonds. The molecule has 5 heteroatoms. The lowest BCUT2D eigenvalue weighted by molar-refractivity contribution is 0.405. The first kappa shape index (κ1) is 14.3. The molecular weight excluding hydrogens is 276 g/mol. The van der Waals surface area contributed by atoms with Crippen LogP contribution >= 0.6 is 11.6 Å². The van der Waals surface area contributed by atoms with E-state index in [1.165, 1.54) is 0 Å². The monoisotopic (exact) mass is 292 g/mol. The molecule has 106 valence electrons. The van der Waals surface area contributed by atoms with Crippen LogP contribution in [0, 0.1) is 6.92 Å².